The maximum atomic E-state index is 12.8. The number of carbonyl (C=O) groups excluding carboxylic acids is 1. The summed E-state index contributed by atoms with van der Waals surface area (Å²) >= 11 is 0. The highest BCUT2D eigenvalue weighted by molar-refractivity contribution is 5.97. The molecule has 0 unspecified atom stereocenters. The lowest BCUT2D eigenvalue weighted by atomic mass is 9.78. The molecule has 6 heteroatoms. The van der Waals surface area contributed by atoms with Gasteiger partial charge in [0, 0.05) is 20.3 Å². The average Bonchev–Trinajstić information content (AvgIpc) is 2.57. The molecule has 1 aromatic rings. The molecular weight excluding hydrogens is 308 g/mol. The highest BCUT2D eigenvalue weighted by atomic mass is 16.5. The Morgan fingerprint density at radius 2 is 2.17 bits per heavy atom. The Balaban J connectivity index is 2.05. The molecule has 1 N–H and O–H groups in total. The summed E-state index contributed by atoms with van der Waals surface area (Å²) in [6.45, 7) is 4.97. The van der Waals surface area contributed by atoms with Crippen molar-refractivity contribution < 1.29 is 19.0 Å². The van der Waals surface area contributed by atoms with Gasteiger partial charge in [-0.3, -0.25) is 4.79 Å². The third-order valence-corrected chi connectivity index (χ3v) is 4.61. The number of pyridine rings is 1. The summed E-state index contributed by atoms with van der Waals surface area (Å²) in [4.78, 5) is 17.2. The van der Waals surface area contributed by atoms with E-state index in [4.69, 9.17) is 14.2 Å². The van der Waals surface area contributed by atoms with Crippen LogP contribution in [0.5, 0.6) is 5.88 Å². The largest absolute Gasteiger partial charge is 0.475 e. The van der Waals surface area contributed by atoms with E-state index < -0.39 is 5.60 Å². The number of aromatic nitrogens is 1. The Kier molecular flexibility index (Phi) is 6.57. The molecule has 1 aliphatic rings. The van der Waals surface area contributed by atoms with Crippen molar-refractivity contribution in [2.45, 2.75) is 45.1 Å². The second kappa shape index (κ2) is 8.44. The molecule has 0 spiro atoms. The zero-order valence-electron chi connectivity index (χ0n) is 15.1. The SMILES string of the molecule is COCCOc1ccc(NC(=O)[C@]2(OC)CCC[C@@H](C)C2)c(C)n1. The quantitative estimate of drug-likeness (QED) is 0.775. The summed E-state index contributed by atoms with van der Waals surface area (Å²) in [5.41, 5.74) is 0.666. The number of carbonyl (C=O) groups is 1. The summed E-state index contributed by atoms with van der Waals surface area (Å²) in [5.74, 6) is 0.921. The molecule has 0 aliphatic heterocycles. The molecule has 1 aromatic heterocycles. The minimum absolute atomic E-state index is 0.0884. The van der Waals surface area contributed by atoms with Crippen LogP contribution < -0.4 is 10.1 Å². The van der Waals surface area contributed by atoms with Crippen molar-refractivity contribution in [2.75, 3.05) is 32.8 Å². The molecule has 134 valence electrons. The predicted molar refractivity (Wildman–Crippen MR) is 92.3 cm³/mol. The number of rotatable bonds is 7. The lowest BCUT2D eigenvalue weighted by molar-refractivity contribution is -0.143. The highest BCUT2D eigenvalue weighted by Gasteiger charge is 2.42. The van der Waals surface area contributed by atoms with E-state index in [1.807, 2.05) is 13.0 Å². The van der Waals surface area contributed by atoms with Crippen LogP contribution in [0.3, 0.4) is 0 Å². The van der Waals surface area contributed by atoms with Gasteiger partial charge in [0.15, 0.2) is 0 Å². The summed E-state index contributed by atoms with van der Waals surface area (Å²) in [6.07, 6.45) is 3.66. The molecule has 1 heterocycles. The van der Waals surface area contributed by atoms with Crippen molar-refractivity contribution in [3.63, 3.8) is 0 Å². The molecule has 0 aromatic carbocycles. The third-order valence-electron chi connectivity index (χ3n) is 4.61. The van der Waals surface area contributed by atoms with E-state index in [2.05, 4.69) is 17.2 Å². The van der Waals surface area contributed by atoms with Crippen molar-refractivity contribution in [1.29, 1.82) is 0 Å². The van der Waals surface area contributed by atoms with Gasteiger partial charge in [-0.2, -0.15) is 0 Å². The van der Waals surface area contributed by atoms with E-state index >= 15 is 0 Å². The highest BCUT2D eigenvalue weighted by Crippen LogP contribution is 2.36. The number of ether oxygens (including phenoxy) is 3. The van der Waals surface area contributed by atoms with Crippen LogP contribution in [0.2, 0.25) is 0 Å². The van der Waals surface area contributed by atoms with E-state index in [-0.39, 0.29) is 5.91 Å². The third kappa shape index (κ3) is 4.45. The normalized spacial score (nSPS) is 23.8. The molecule has 1 amide bonds. The Bertz CT molecular complexity index is 564. The Hall–Kier alpha value is -1.66. The molecule has 0 radical (unpaired) electrons. The number of nitrogens with one attached hydrogen (secondary N) is 1. The maximum absolute atomic E-state index is 12.8. The lowest BCUT2D eigenvalue weighted by Gasteiger charge is -2.37. The van der Waals surface area contributed by atoms with E-state index in [0.29, 0.717) is 36.4 Å². The van der Waals surface area contributed by atoms with Crippen LogP contribution in [0.1, 0.15) is 38.3 Å². The second-order valence-corrected chi connectivity index (χ2v) is 6.48. The Morgan fingerprint density at radius 1 is 1.38 bits per heavy atom. The zero-order chi connectivity index (χ0) is 17.6. The van der Waals surface area contributed by atoms with Gasteiger partial charge in [-0.15, -0.1) is 0 Å². The van der Waals surface area contributed by atoms with Gasteiger partial charge < -0.3 is 19.5 Å². The number of methoxy groups -OCH3 is 2. The van der Waals surface area contributed by atoms with Crippen molar-refractivity contribution in [3.05, 3.63) is 17.8 Å². The first-order valence-electron chi connectivity index (χ1n) is 8.47. The van der Waals surface area contributed by atoms with Gasteiger partial charge in [-0.25, -0.2) is 4.98 Å². The van der Waals surface area contributed by atoms with Crippen LogP contribution in [0.25, 0.3) is 0 Å². The van der Waals surface area contributed by atoms with E-state index in [1.54, 1.807) is 20.3 Å². The number of hydrogen-bond donors (Lipinski definition) is 1. The van der Waals surface area contributed by atoms with E-state index in [1.165, 1.54) is 0 Å². The van der Waals surface area contributed by atoms with Crippen LogP contribution in [-0.2, 0) is 14.3 Å². The molecule has 2 atom stereocenters. The van der Waals surface area contributed by atoms with Crippen LogP contribution in [-0.4, -0.2) is 43.9 Å². The summed E-state index contributed by atoms with van der Waals surface area (Å²) in [7, 11) is 3.24. The predicted octanol–water partition coefficient (Wildman–Crippen LogP) is 2.95. The molecule has 1 saturated carbocycles. The fourth-order valence-electron chi connectivity index (χ4n) is 3.20. The molecule has 0 bridgehead atoms. The van der Waals surface area contributed by atoms with Gasteiger partial charge in [0.05, 0.1) is 18.0 Å². The van der Waals surface area contributed by atoms with Crippen molar-refractivity contribution in [1.82, 2.24) is 4.98 Å². The Labute approximate surface area is 143 Å². The van der Waals surface area contributed by atoms with Crippen molar-refractivity contribution in [3.8, 4) is 5.88 Å². The number of aryl methyl sites for hydroxylation is 1. The summed E-state index contributed by atoms with van der Waals surface area (Å²) in [6, 6.07) is 3.57. The standard InChI is InChI=1S/C18H28N2O4/c1-13-6-5-9-18(12-13,23-4)17(21)20-15-7-8-16(19-14(15)2)24-11-10-22-3/h7-8,13H,5-6,9-12H2,1-4H3,(H,20,21)/t13-,18+/m1/s1. The molecular formula is C18H28N2O4. The first kappa shape index (κ1) is 18.7. The minimum atomic E-state index is -0.738. The van der Waals surface area contributed by atoms with Gasteiger partial charge in [-0.05, 0) is 38.2 Å². The van der Waals surface area contributed by atoms with E-state index in [9.17, 15) is 4.79 Å². The van der Waals surface area contributed by atoms with E-state index in [0.717, 1.165) is 25.7 Å². The van der Waals surface area contributed by atoms with Gasteiger partial charge >= 0.3 is 0 Å². The monoisotopic (exact) mass is 336 g/mol. The minimum Gasteiger partial charge on any atom is -0.475 e. The summed E-state index contributed by atoms with van der Waals surface area (Å²) in [5, 5.41) is 2.98. The first-order valence-corrected chi connectivity index (χ1v) is 8.47. The van der Waals surface area contributed by atoms with Crippen LogP contribution in [0, 0.1) is 12.8 Å². The second-order valence-electron chi connectivity index (χ2n) is 6.48. The number of anilines is 1. The number of nitrogens with zero attached hydrogens (tertiary/aromatic N) is 1. The van der Waals surface area contributed by atoms with Crippen LogP contribution in [0.15, 0.2) is 12.1 Å². The molecule has 24 heavy (non-hydrogen) atoms. The molecule has 6 nitrogen and oxygen atoms in total. The van der Waals surface area contributed by atoms with Gasteiger partial charge in [-0.1, -0.05) is 13.3 Å². The maximum Gasteiger partial charge on any atom is 0.256 e. The van der Waals surface area contributed by atoms with Gasteiger partial charge in [0.25, 0.3) is 5.91 Å². The average molecular weight is 336 g/mol. The molecule has 2 rings (SSSR count). The lowest BCUT2D eigenvalue weighted by Crippen LogP contribution is -2.48. The Morgan fingerprint density at radius 3 is 2.79 bits per heavy atom. The van der Waals surface area contributed by atoms with Gasteiger partial charge in [0.2, 0.25) is 5.88 Å². The number of amides is 1. The van der Waals surface area contributed by atoms with Crippen molar-refractivity contribution >= 4 is 11.6 Å². The van der Waals surface area contributed by atoms with Crippen LogP contribution >= 0.6 is 0 Å². The fourth-order valence-corrected chi connectivity index (χ4v) is 3.20. The smallest absolute Gasteiger partial charge is 0.256 e. The molecule has 0 saturated heterocycles. The summed E-state index contributed by atoms with van der Waals surface area (Å²) < 4.78 is 16.1. The van der Waals surface area contributed by atoms with Crippen LogP contribution in [0.4, 0.5) is 5.69 Å². The molecule has 1 fully saturated rings. The fraction of sp³-hybridized carbons (Fsp3) is 0.667. The van der Waals surface area contributed by atoms with Gasteiger partial charge in [0.1, 0.15) is 12.2 Å². The zero-order valence-corrected chi connectivity index (χ0v) is 15.1. The first-order chi connectivity index (χ1) is 11.5. The van der Waals surface area contributed by atoms with Crippen molar-refractivity contribution in [2.24, 2.45) is 5.92 Å². The number of hydrogen-bond acceptors (Lipinski definition) is 5. The topological polar surface area (TPSA) is 69.7 Å². The molecule has 1 aliphatic carbocycles.